The van der Waals surface area contributed by atoms with E-state index in [0.29, 0.717) is 12.0 Å². The first kappa shape index (κ1) is 13.5. The van der Waals surface area contributed by atoms with Crippen LogP contribution in [0.3, 0.4) is 0 Å². The molecule has 0 spiro atoms. The first-order valence-electron chi connectivity index (χ1n) is 6.87. The lowest BCUT2D eigenvalue weighted by Crippen LogP contribution is -2.45. The van der Waals surface area contributed by atoms with Gasteiger partial charge >= 0.3 is 0 Å². The second kappa shape index (κ2) is 6.31. The maximum absolute atomic E-state index is 5.75. The molecule has 0 bridgehead atoms. The number of aryl methyl sites for hydroxylation is 1. The van der Waals surface area contributed by atoms with E-state index in [0.717, 1.165) is 32.4 Å². The molecule has 5 nitrogen and oxygen atoms in total. The Morgan fingerprint density at radius 1 is 1.61 bits per heavy atom. The third-order valence-corrected chi connectivity index (χ3v) is 3.86. The smallest absolute Gasteiger partial charge is 0.0617 e. The van der Waals surface area contributed by atoms with Crippen molar-refractivity contribution in [2.24, 2.45) is 11.8 Å². The monoisotopic (exact) mass is 252 g/mol. The Bertz CT molecular complexity index is 366. The molecular formula is C13H24N4O. The number of hydrogen-bond acceptors (Lipinski definition) is 4. The summed E-state index contributed by atoms with van der Waals surface area (Å²) in [5.41, 5.74) is 4.20. The van der Waals surface area contributed by atoms with Gasteiger partial charge in [-0.05, 0) is 31.7 Å². The van der Waals surface area contributed by atoms with Crippen molar-refractivity contribution in [3.8, 4) is 0 Å². The molecule has 2 heterocycles. The summed E-state index contributed by atoms with van der Waals surface area (Å²) in [6.45, 7) is 6.03. The molecule has 1 aliphatic heterocycles. The molecule has 1 aromatic heterocycles. The van der Waals surface area contributed by atoms with Crippen molar-refractivity contribution in [2.75, 3.05) is 6.61 Å². The molecule has 3 N–H and O–H groups in total. The Balaban J connectivity index is 2.00. The van der Waals surface area contributed by atoms with Gasteiger partial charge in [0, 0.05) is 31.3 Å². The van der Waals surface area contributed by atoms with E-state index in [4.69, 9.17) is 10.6 Å². The molecule has 1 aromatic rings. The molecule has 3 atom stereocenters. The molecule has 0 aliphatic carbocycles. The van der Waals surface area contributed by atoms with Crippen LogP contribution >= 0.6 is 0 Å². The highest BCUT2D eigenvalue weighted by Crippen LogP contribution is 2.27. The van der Waals surface area contributed by atoms with Crippen LogP contribution in [-0.2, 0) is 17.7 Å². The van der Waals surface area contributed by atoms with Gasteiger partial charge in [-0.25, -0.2) is 0 Å². The van der Waals surface area contributed by atoms with Crippen molar-refractivity contribution >= 4 is 0 Å². The third-order valence-electron chi connectivity index (χ3n) is 3.86. The number of hydrazine groups is 1. The fraction of sp³-hybridized carbons (Fsp3) is 0.769. The van der Waals surface area contributed by atoms with Crippen molar-refractivity contribution in [1.82, 2.24) is 15.2 Å². The van der Waals surface area contributed by atoms with Crippen molar-refractivity contribution in [3.05, 3.63) is 18.0 Å². The van der Waals surface area contributed by atoms with E-state index in [1.165, 1.54) is 5.56 Å². The van der Waals surface area contributed by atoms with Gasteiger partial charge in [-0.1, -0.05) is 6.92 Å². The Morgan fingerprint density at radius 2 is 2.44 bits per heavy atom. The zero-order chi connectivity index (χ0) is 13.0. The molecule has 3 unspecified atom stereocenters. The average molecular weight is 252 g/mol. The van der Waals surface area contributed by atoms with Crippen LogP contribution in [0.4, 0.5) is 0 Å². The average Bonchev–Trinajstić information content (AvgIpc) is 3.04. The standard InChI is InChI=1S/C13H24N4O/c1-3-13-11(5-6-18-13)12(16-14)7-10-8-15-17(4-2)9-10/h8-9,11-13,16H,3-7,14H2,1-2H3. The SMILES string of the molecule is CCC1OCCC1C(Cc1cnn(CC)c1)NN. The molecule has 1 fully saturated rings. The third kappa shape index (κ3) is 2.91. The number of rotatable bonds is 6. The van der Waals surface area contributed by atoms with Crippen LogP contribution in [0.5, 0.6) is 0 Å². The van der Waals surface area contributed by atoms with Gasteiger partial charge in [0.1, 0.15) is 0 Å². The maximum atomic E-state index is 5.75. The van der Waals surface area contributed by atoms with Crippen LogP contribution in [0.2, 0.25) is 0 Å². The quantitative estimate of drug-likeness (QED) is 0.587. The molecule has 0 radical (unpaired) electrons. The van der Waals surface area contributed by atoms with E-state index in [2.05, 4.69) is 30.6 Å². The molecule has 1 saturated heterocycles. The normalized spacial score (nSPS) is 25.5. The maximum Gasteiger partial charge on any atom is 0.0617 e. The lowest BCUT2D eigenvalue weighted by Gasteiger charge is -2.26. The molecular weight excluding hydrogens is 228 g/mol. The van der Waals surface area contributed by atoms with Crippen molar-refractivity contribution in [2.45, 2.75) is 51.8 Å². The Hall–Kier alpha value is -0.910. The summed E-state index contributed by atoms with van der Waals surface area (Å²) < 4.78 is 7.69. The molecule has 2 rings (SSSR count). The fourth-order valence-corrected chi connectivity index (χ4v) is 2.82. The minimum atomic E-state index is 0.270. The highest BCUT2D eigenvalue weighted by atomic mass is 16.5. The van der Waals surface area contributed by atoms with Gasteiger partial charge in [0.15, 0.2) is 0 Å². The van der Waals surface area contributed by atoms with Crippen LogP contribution in [0.1, 0.15) is 32.3 Å². The Morgan fingerprint density at radius 3 is 3.06 bits per heavy atom. The van der Waals surface area contributed by atoms with Crippen LogP contribution in [0, 0.1) is 5.92 Å². The van der Waals surface area contributed by atoms with Gasteiger partial charge in [0.25, 0.3) is 0 Å². The number of ether oxygens (including phenoxy) is 1. The first-order valence-corrected chi connectivity index (χ1v) is 6.87. The van der Waals surface area contributed by atoms with Gasteiger partial charge in [-0.15, -0.1) is 0 Å². The van der Waals surface area contributed by atoms with Gasteiger partial charge in [-0.3, -0.25) is 16.0 Å². The lowest BCUT2D eigenvalue weighted by atomic mass is 9.88. The Labute approximate surface area is 109 Å². The minimum Gasteiger partial charge on any atom is -0.378 e. The van der Waals surface area contributed by atoms with Gasteiger partial charge < -0.3 is 4.74 Å². The van der Waals surface area contributed by atoms with Gasteiger partial charge in [0.05, 0.1) is 12.3 Å². The van der Waals surface area contributed by atoms with E-state index in [9.17, 15) is 0 Å². The molecule has 0 aromatic carbocycles. The van der Waals surface area contributed by atoms with Crippen LogP contribution < -0.4 is 11.3 Å². The minimum absolute atomic E-state index is 0.270. The predicted molar refractivity (Wildman–Crippen MR) is 70.9 cm³/mol. The number of nitrogens with two attached hydrogens (primary N) is 1. The van der Waals surface area contributed by atoms with Crippen molar-refractivity contribution < 1.29 is 4.74 Å². The summed E-state index contributed by atoms with van der Waals surface area (Å²) in [5, 5.41) is 4.30. The fourth-order valence-electron chi connectivity index (χ4n) is 2.82. The molecule has 5 heteroatoms. The van der Waals surface area contributed by atoms with Crippen LogP contribution in [-0.4, -0.2) is 28.5 Å². The van der Waals surface area contributed by atoms with Gasteiger partial charge in [-0.2, -0.15) is 5.10 Å². The summed E-state index contributed by atoms with van der Waals surface area (Å²) >= 11 is 0. The number of nitrogens with one attached hydrogen (secondary N) is 1. The zero-order valence-corrected chi connectivity index (χ0v) is 11.3. The van der Waals surface area contributed by atoms with Crippen LogP contribution in [0.15, 0.2) is 12.4 Å². The molecule has 1 aliphatic rings. The van der Waals surface area contributed by atoms with Gasteiger partial charge in [0.2, 0.25) is 0 Å². The highest BCUT2D eigenvalue weighted by Gasteiger charge is 2.33. The molecule has 102 valence electrons. The van der Waals surface area contributed by atoms with Crippen molar-refractivity contribution in [1.29, 1.82) is 0 Å². The van der Waals surface area contributed by atoms with E-state index in [1.807, 2.05) is 10.9 Å². The van der Waals surface area contributed by atoms with Crippen LogP contribution in [0.25, 0.3) is 0 Å². The summed E-state index contributed by atoms with van der Waals surface area (Å²) in [5.74, 6) is 6.23. The lowest BCUT2D eigenvalue weighted by molar-refractivity contribution is 0.0774. The predicted octanol–water partition coefficient (Wildman–Crippen LogP) is 1.09. The summed E-state index contributed by atoms with van der Waals surface area (Å²) in [6.07, 6.45) is 7.44. The van der Waals surface area contributed by atoms with E-state index >= 15 is 0 Å². The topological polar surface area (TPSA) is 65.1 Å². The highest BCUT2D eigenvalue weighted by molar-refractivity contribution is 5.07. The second-order valence-corrected chi connectivity index (χ2v) is 4.95. The second-order valence-electron chi connectivity index (χ2n) is 4.95. The first-order chi connectivity index (χ1) is 8.78. The summed E-state index contributed by atoms with van der Waals surface area (Å²) in [7, 11) is 0. The van der Waals surface area contributed by atoms with E-state index < -0.39 is 0 Å². The zero-order valence-electron chi connectivity index (χ0n) is 11.3. The Kier molecular flexibility index (Phi) is 4.74. The molecule has 0 saturated carbocycles. The van der Waals surface area contributed by atoms with Crippen molar-refractivity contribution in [3.63, 3.8) is 0 Å². The summed E-state index contributed by atoms with van der Waals surface area (Å²) in [4.78, 5) is 0. The number of hydrogen-bond donors (Lipinski definition) is 2. The number of nitrogens with zero attached hydrogens (tertiary/aromatic N) is 2. The molecule has 0 amide bonds. The van der Waals surface area contributed by atoms with E-state index in [1.54, 1.807) is 0 Å². The summed E-state index contributed by atoms with van der Waals surface area (Å²) in [6, 6.07) is 0.270. The largest absolute Gasteiger partial charge is 0.378 e. The molecule has 18 heavy (non-hydrogen) atoms. The number of aromatic nitrogens is 2. The van der Waals surface area contributed by atoms with E-state index in [-0.39, 0.29) is 6.04 Å².